The Labute approximate surface area is 220 Å². The molecule has 9 heteroatoms. The zero-order valence-electron chi connectivity index (χ0n) is 19.6. The van der Waals surface area contributed by atoms with E-state index in [1.54, 1.807) is 29.2 Å². The minimum atomic E-state index is -1.30. The maximum atomic E-state index is 14.9. The van der Waals surface area contributed by atoms with E-state index < -0.39 is 17.2 Å². The number of aromatic nitrogens is 1. The minimum Gasteiger partial charge on any atom is -0.477 e. The molecule has 188 valence electrons. The lowest BCUT2D eigenvalue weighted by atomic mass is 10.0. The van der Waals surface area contributed by atoms with E-state index in [2.05, 4.69) is 26.2 Å². The van der Waals surface area contributed by atoms with Crippen LogP contribution >= 0.6 is 15.9 Å². The molecule has 0 aliphatic carbocycles. The molecule has 4 aromatic rings. The summed E-state index contributed by atoms with van der Waals surface area (Å²) in [6.07, 6.45) is 2.78. The highest BCUT2D eigenvalue weighted by atomic mass is 79.9. The number of benzene rings is 3. The lowest BCUT2D eigenvalue weighted by Gasteiger charge is -2.26. The van der Waals surface area contributed by atoms with Crippen LogP contribution in [0.3, 0.4) is 0 Å². The third-order valence-corrected chi connectivity index (χ3v) is 7.51. The van der Waals surface area contributed by atoms with Crippen molar-refractivity contribution < 1.29 is 19.1 Å². The molecule has 0 spiro atoms. The normalized spacial score (nSPS) is 15.2. The van der Waals surface area contributed by atoms with E-state index in [0.717, 1.165) is 18.4 Å². The molecular weight excluding hydrogens is 541 g/mol. The van der Waals surface area contributed by atoms with Crippen molar-refractivity contribution in [1.29, 1.82) is 0 Å². The van der Waals surface area contributed by atoms with Crippen molar-refractivity contribution in [1.82, 2.24) is 9.88 Å². The third-order valence-electron chi connectivity index (χ3n) is 6.68. The van der Waals surface area contributed by atoms with Crippen LogP contribution in [-0.4, -0.2) is 46.0 Å². The second-order valence-corrected chi connectivity index (χ2v) is 9.72. The number of likely N-dealkylation sites (tertiary alicyclic amines) is 1. The molecule has 37 heavy (non-hydrogen) atoms. The third kappa shape index (κ3) is 4.74. The number of hydrogen-bond donors (Lipinski definition) is 3. The summed E-state index contributed by atoms with van der Waals surface area (Å²) >= 11 is 3.44. The van der Waals surface area contributed by atoms with E-state index in [-0.39, 0.29) is 22.9 Å². The molecule has 1 amide bonds. The number of carboxylic acids is 1. The molecule has 1 aliphatic heterocycles. The number of anilines is 1. The maximum absolute atomic E-state index is 14.9. The average molecular weight is 564 g/mol. The summed E-state index contributed by atoms with van der Waals surface area (Å²) in [5.74, 6) is -1.98. The second-order valence-electron chi connectivity index (χ2n) is 8.92. The first kappa shape index (κ1) is 24.7. The summed E-state index contributed by atoms with van der Waals surface area (Å²) in [4.78, 5) is 41.9. The Balaban J connectivity index is 1.34. The highest BCUT2D eigenvalue weighted by Crippen LogP contribution is 2.30. The molecule has 1 unspecified atom stereocenters. The largest absolute Gasteiger partial charge is 0.477 e. The number of hydrogen-bond acceptors (Lipinski definition) is 4. The van der Waals surface area contributed by atoms with Crippen molar-refractivity contribution in [2.24, 2.45) is 0 Å². The Morgan fingerprint density at radius 3 is 2.65 bits per heavy atom. The molecular formula is C28H23BrFN3O4. The molecule has 0 saturated carbocycles. The number of carboxylic acid groups (broad SMARTS) is 1. The van der Waals surface area contributed by atoms with Gasteiger partial charge in [-0.25, -0.2) is 9.18 Å². The van der Waals surface area contributed by atoms with Gasteiger partial charge in [-0.1, -0.05) is 36.4 Å². The van der Waals surface area contributed by atoms with Crippen molar-refractivity contribution >= 4 is 44.4 Å². The Hall–Kier alpha value is -3.98. The number of amides is 1. The predicted molar refractivity (Wildman–Crippen MR) is 144 cm³/mol. The number of nitrogens with zero attached hydrogens (tertiary/aromatic N) is 1. The second kappa shape index (κ2) is 10.2. The summed E-state index contributed by atoms with van der Waals surface area (Å²) < 4.78 is 15.3. The highest BCUT2D eigenvalue weighted by molar-refractivity contribution is 9.10. The molecule has 0 bridgehead atoms. The molecule has 0 radical (unpaired) electrons. The van der Waals surface area contributed by atoms with Gasteiger partial charge in [-0.05, 0) is 58.6 Å². The lowest BCUT2D eigenvalue weighted by molar-refractivity contribution is 0.0693. The number of pyridine rings is 1. The molecule has 3 aromatic carbocycles. The fourth-order valence-electron chi connectivity index (χ4n) is 4.77. The molecule has 1 aromatic heterocycles. The van der Waals surface area contributed by atoms with Crippen molar-refractivity contribution in [3.8, 4) is 11.1 Å². The van der Waals surface area contributed by atoms with E-state index in [1.807, 2.05) is 30.3 Å². The SMILES string of the molecule is O=C(O)c1c[nH]c2ccc(NCC3CCCN3C(=O)c3ccc(-c4ccccc4)c(F)c3)c(Br)c2c1=O. The number of aromatic carboxylic acids is 1. The molecule has 1 atom stereocenters. The van der Waals surface area contributed by atoms with Gasteiger partial charge in [0.2, 0.25) is 5.43 Å². The van der Waals surface area contributed by atoms with Crippen molar-refractivity contribution in [3.05, 3.63) is 98.5 Å². The molecule has 1 aliphatic rings. The van der Waals surface area contributed by atoms with Gasteiger partial charge in [-0.2, -0.15) is 0 Å². The van der Waals surface area contributed by atoms with E-state index in [9.17, 15) is 23.9 Å². The molecule has 1 saturated heterocycles. The van der Waals surface area contributed by atoms with Crippen LogP contribution in [0.2, 0.25) is 0 Å². The first-order valence-electron chi connectivity index (χ1n) is 11.8. The molecule has 1 fully saturated rings. The fourth-order valence-corrected chi connectivity index (χ4v) is 5.44. The van der Waals surface area contributed by atoms with E-state index in [4.69, 9.17) is 0 Å². The smallest absolute Gasteiger partial charge is 0.341 e. The summed E-state index contributed by atoms with van der Waals surface area (Å²) in [7, 11) is 0. The number of nitrogens with one attached hydrogen (secondary N) is 2. The van der Waals surface area contributed by atoms with Gasteiger partial charge in [-0.3, -0.25) is 9.59 Å². The first-order chi connectivity index (χ1) is 17.8. The summed E-state index contributed by atoms with van der Waals surface area (Å²) in [5.41, 5.74) is 1.67. The van der Waals surface area contributed by atoms with Crippen molar-refractivity contribution in [2.45, 2.75) is 18.9 Å². The van der Waals surface area contributed by atoms with Crippen LogP contribution < -0.4 is 10.7 Å². The van der Waals surface area contributed by atoms with Gasteiger partial charge in [0.05, 0.1) is 15.4 Å². The Bertz CT molecular complexity index is 1570. The lowest BCUT2D eigenvalue weighted by Crippen LogP contribution is -2.39. The zero-order chi connectivity index (χ0) is 26.1. The minimum absolute atomic E-state index is 0.129. The Morgan fingerprint density at radius 1 is 1.14 bits per heavy atom. The average Bonchev–Trinajstić information content (AvgIpc) is 3.36. The molecule has 7 nitrogen and oxygen atoms in total. The molecule has 5 rings (SSSR count). The summed E-state index contributed by atoms with van der Waals surface area (Å²) in [6.45, 7) is 0.977. The van der Waals surface area contributed by atoms with E-state index >= 15 is 0 Å². The van der Waals surface area contributed by atoms with Crippen molar-refractivity contribution in [3.63, 3.8) is 0 Å². The van der Waals surface area contributed by atoms with Crippen LogP contribution in [-0.2, 0) is 0 Å². The van der Waals surface area contributed by atoms with Crippen molar-refractivity contribution in [2.75, 3.05) is 18.4 Å². The fraction of sp³-hybridized carbons (Fsp3) is 0.179. The quantitative estimate of drug-likeness (QED) is 0.287. The van der Waals surface area contributed by atoms with Gasteiger partial charge < -0.3 is 20.3 Å². The topological polar surface area (TPSA) is 102 Å². The molecule has 3 N–H and O–H groups in total. The summed E-state index contributed by atoms with van der Waals surface area (Å²) in [5, 5.41) is 12.8. The number of halogens is 2. The maximum Gasteiger partial charge on any atom is 0.341 e. The van der Waals surface area contributed by atoms with Gasteiger partial charge in [0.25, 0.3) is 5.91 Å². The Morgan fingerprint density at radius 2 is 1.92 bits per heavy atom. The van der Waals surface area contributed by atoms with Crippen LogP contribution in [0.25, 0.3) is 22.0 Å². The highest BCUT2D eigenvalue weighted by Gasteiger charge is 2.30. The number of carbonyl (C=O) groups excluding carboxylic acids is 1. The van der Waals surface area contributed by atoms with Crippen LogP contribution in [0.5, 0.6) is 0 Å². The van der Waals surface area contributed by atoms with Crippen LogP contribution in [0.4, 0.5) is 10.1 Å². The number of aromatic amines is 1. The predicted octanol–water partition coefficient (Wildman–Crippen LogP) is 5.51. The summed E-state index contributed by atoms with van der Waals surface area (Å²) in [6, 6.07) is 17.1. The number of fused-ring (bicyclic) bond motifs is 1. The van der Waals surface area contributed by atoms with Crippen LogP contribution in [0.1, 0.15) is 33.6 Å². The monoisotopic (exact) mass is 563 g/mol. The van der Waals surface area contributed by atoms with Gasteiger partial charge in [0.15, 0.2) is 0 Å². The van der Waals surface area contributed by atoms with Crippen LogP contribution in [0.15, 0.2) is 76.1 Å². The van der Waals surface area contributed by atoms with Gasteiger partial charge >= 0.3 is 5.97 Å². The Kier molecular flexibility index (Phi) is 6.80. The van der Waals surface area contributed by atoms with E-state index in [0.29, 0.717) is 39.9 Å². The standard InChI is InChI=1S/C28H23BrFN3O4/c29-25-23(11-10-22-24(25)26(34)20(15-32-22)28(36)37)31-14-18-7-4-12-33(18)27(35)17-8-9-19(21(30)13-17)16-5-2-1-3-6-16/h1-3,5-6,8-11,13,15,18,31H,4,7,12,14H2,(H,32,34)(H,36,37). The van der Waals surface area contributed by atoms with Gasteiger partial charge in [0.1, 0.15) is 11.4 Å². The van der Waals surface area contributed by atoms with Crippen LogP contribution in [0, 0.1) is 5.82 Å². The first-order valence-corrected chi connectivity index (χ1v) is 12.6. The van der Waals surface area contributed by atoms with Gasteiger partial charge in [-0.15, -0.1) is 0 Å². The number of carbonyl (C=O) groups is 2. The zero-order valence-corrected chi connectivity index (χ0v) is 21.2. The molecule has 2 heterocycles. The number of H-pyrrole nitrogens is 1. The van der Waals surface area contributed by atoms with E-state index in [1.165, 1.54) is 12.3 Å². The number of rotatable bonds is 6. The van der Waals surface area contributed by atoms with Gasteiger partial charge in [0, 0.05) is 42.1 Å².